The van der Waals surface area contributed by atoms with E-state index in [4.69, 9.17) is 28.4 Å². The molecule has 3 aliphatic carbocycles. The fraction of sp³-hybridized carbons (Fsp3) is 0.550. The van der Waals surface area contributed by atoms with Crippen molar-refractivity contribution in [2.24, 2.45) is 16.7 Å². The summed E-state index contributed by atoms with van der Waals surface area (Å²) < 4.78 is 37.7. The number of fused-ring (bicyclic) bond motifs is 5. The largest absolute Gasteiger partial charge is 0.458 e. The number of hydrogen-bond donors (Lipinski definition) is 2. The van der Waals surface area contributed by atoms with E-state index in [9.17, 15) is 29.4 Å². The van der Waals surface area contributed by atoms with Gasteiger partial charge in [0, 0.05) is 44.4 Å². The molecule has 2 N–H and O–H groups in total. The Kier molecular flexibility index (Phi) is 9.93. The van der Waals surface area contributed by atoms with E-state index in [1.54, 1.807) is 58.0 Å². The molecular weight excluding hydrogens is 672 g/mol. The number of ether oxygens (including phenoxy) is 6. The number of carbonyl (C=O) groups excluding carboxylic acids is 4. The molecular formula is C40H48O12. The second-order valence-electron chi connectivity index (χ2n) is 15.3. The zero-order valence-corrected chi connectivity index (χ0v) is 30.6. The molecule has 0 aromatic heterocycles. The zero-order chi connectivity index (χ0) is 37.8. The third kappa shape index (κ3) is 6.03. The number of esters is 4. The highest BCUT2D eigenvalue weighted by Gasteiger charge is 2.78. The second kappa shape index (κ2) is 13.7. The van der Waals surface area contributed by atoms with Crippen LogP contribution in [0.4, 0.5) is 0 Å². The lowest BCUT2D eigenvalue weighted by molar-refractivity contribution is -0.367. The van der Waals surface area contributed by atoms with Crippen LogP contribution < -0.4 is 0 Å². The Morgan fingerprint density at radius 2 is 1.46 bits per heavy atom. The molecule has 0 spiro atoms. The maximum Gasteiger partial charge on any atom is 0.338 e. The summed E-state index contributed by atoms with van der Waals surface area (Å²) in [6.07, 6.45) is -7.43. The van der Waals surface area contributed by atoms with Crippen LogP contribution >= 0.6 is 0 Å². The van der Waals surface area contributed by atoms with Gasteiger partial charge in [-0.15, -0.1) is 0 Å². The van der Waals surface area contributed by atoms with Gasteiger partial charge in [0.15, 0.2) is 11.7 Å². The predicted octanol–water partition coefficient (Wildman–Crippen LogP) is 4.24. The molecule has 12 nitrogen and oxygen atoms in total. The van der Waals surface area contributed by atoms with Crippen molar-refractivity contribution in [2.45, 2.75) is 116 Å². The first-order valence-corrected chi connectivity index (χ1v) is 17.7. The SMILES string of the molecule is CC(=O)O[C@H]1C[C@@]2(O)[C@@H](OC(=O)c3ccccc3)[C@@H]3[C@]4(OC(C)=O)CO[C@@H]4C[C@H](O)[C@@]3(C)[C@@H](OCc3ccccc3)[C@H](OC(C)=O)C(=C1C)C2(C)C. The first kappa shape index (κ1) is 37.7. The fourth-order valence-electron chi connectivity index (χ4n) is 9.46. The minimum atomic E-state index is -2.09. The molecule has 4 aliphatic rings. The quantitative estimate of drug-likeness (QED) is 0.227. The number of benzene rings is 2. The van der Waals surface area contributed by atoms with E-state index < -0.39 is 88.5 Å². The Morgan fingerprint density at radius 3 is 2.02 bits per heavy atom. The average Bonchev–Trinajstić information content (AvgIpc) is 3.07. The molecule has 6 rings (SSSR count). The van der Waals surface area contributed by atoms with Crippen LogP contribution in [0.25, 0.3) is 0 Å². The molecule has 10 atom stereocenters. The average molecular weight is 721 g/mol. The normalized spacial score (nSPS) is 36.1. The van der Waals surface area contributed by atoms with Crippen molar-refractivity contribution in [3.8, 4) is 0 Å². The number of carbonyl (C=O) groups is 4. The van der Waals surface area contributed by atoms with E-state index in [-0.39, 0.29) is 31.6 Å². The van der Waals surface area contributed by atoms with Gasteiger partial charge >= 0.3 is 23.9 Å². The molecule has 2 saturated carbocycles. The maximum absolute atomic E-state index is 14.2. The zero-order valence-electron chi connectivity index (χ0n) is 30.6. The Morgan fingerprint density at radius 1 is 0.846 bits per heavy atom. The molecule has 12 heteroatoms. The summed E-state index contributed by atoms with van der Waals surface area (Å²) in [6.45, 7) is 10.6. The van der Waals surface area contributed by atoms with Gasteiger partial charge < -0.3 is 38.6 Å². The fourth-order valence-corrected chi connectivity index (χ4v) is 9.46. The smallest absolute Gasteiger partial charge is 0.338 e. The number of aliphatic hydroxyl groups excluding tert-OH is 1. The van der Waals surface area contributed by atoms with Crippen LogP contribution in [-0.4, -0.2) is 88.5 Å². The topological polar surface area (TPSA) is 164 Å². The highest BCUT2D eigenvalue weighted by atomic mass is 16.6. The van der Waals surface area contributed by atoms with E-state index in [0.29, 0.717) is 11.1 Å². The summed E-state index contributed by atoms with van der Waals surface area (Å²) in [5.41, 5.74) is -4.68. The Hall–Kier alpha value is -4.10. The van der Waals surface area contributed by atoms with Crippen molar-refractivity contribution >= 4 is 23.9 Å². The molecule has 0 unspecified atom stereocenters. The van der Waals surface area contributed by atoms with Crippen LogP contribution in [-0.2, 0) is 49.4 Å². The van der Waals surface area contributed by atoms with Gasteiger partial charge in [-0.1, -0.05) is 69.3 Å². The third-order valence-corrected chi connectivity index (χ3v) is 12.0. The molecule has 0 amide bonds. The maximum atomic E-state index is 14.2. The van der Waals surface area contributed by atoms with Gasteiger partial charge in [-0.25, -0.2) is 4.79 Å². The van der Waals surface area contributed by atoms with E-state index in [1.807, 2.05) is 30.3 Å². The first-order chi connectivity index (χ1) is 24.5. The van der Waals surface area contributed by atoms with Crippen LogP contribution in [0.1, 0.15) is 77.2 Å². The Balaban J connectivity index is 1.69. The molecule has 0 radical (unpaired) electrons. The molecule has 3 fully saturated rings. The summed E-state index contributed by atoms with van der Waals surface area (Å²) in [4.78, 5) is 53.0. The van der Waals surface area contributed by atoms with Crippen LogP contribution in [0.5, 0.6) is 0 Å². The molecule has 280 valence electrons. The monoisotopic (exact) mass is 720 g/mol. The molecule has 2 aromatic carbocycles. The number of aliphatic hydroxyl groups is 2. The summed E-state index contributed by atoms with van der Waals surface area (Å²) in [5, 5.41) is 25.9. The third-order valence-electron chi connectivity index (χ3n) is 12.0. The minimum Gasteiger partial charge on any atom is -0.458 e. The van der Waals surface area contributed by atoms with E-state index >= 15 is 0 Å². The summed E-state index contributed by atoms with van der Waals surface area (Å²) in [7, 11) is 0. The number of rotatable bonds is 8. The van der Waals surface area contributed by atoms with E-state index in [2.05, 4.69) is 0 Å². The molecule has 1 heterocycles. The summed E-state index contributed by atoms with van der Waals surface area (Å²) in [6, 6.07) is 17.6. The van der Waals surface area contributed by atoms with Crippen LogP contribution in [0.15, 0.2) is 71.8 Å². The van der Waals surface area contributed by atoms with Gasteiger partial charge in [-0.2, -0.15) is 0 Å². The number of hydrogen-bond acceptors (Lipinski definition) is 12. The van der Waals surface area contributed by atoms with Crippen LogP contribution in [0.3, 0.4) is 0 Å². The lowest BCUT2D eigenvalue weighted by atomic mass is 9.44. The standard InChI is InChI=1S/C40H48O12/c1-22-28(49-23(2)41)19-40(46)35(51-36(45)27-16-12-9-13-17-27)33-38(7,29(44)18-30-39(33,21-48-30)52-25(4)43)34(47-20-26-14-10-8-11-15-26)32(50-24(3)42)31(22)37(40,5)6/h8-17,28-30,32-35,44,46H,18-21H2,1-7H3/t28-,29-,30+,32+,33-,34-,35-,38+,39-,40+/m0/s1. The van der Waals surface area contributed by atoms with Gasteiger partial charge in [0.2, 0.25) is 0 Å². The summed E-state index contributed by atoms with van der Waals surface area (Å²) in [5.74, 6) is -3.93. The van der Waals surface area contributed by atoms with Crippen molar-refractivity contribution in [1.29, 1.82) is 0 Å². The molecule has 52 heavy (non-hydrogen) atoms. The first-order valence-electron chi connectivity index (χ1n) is 17.7. The predicted molar refractivity (Wildman–Crippen MR) is 184 cm³/mol. The lowest BCUT2D eigenvalue weighted by Gasteiger charge is -2.69. The van der Waals surface area contributed by atoms with Crippen molar-refractivity contribution in [3.63, 3.8) is 0 Å². The Labute approximate surface area is 303 Å². The lowest BCUT2D eigenvalue weighted by Crippen LogP contribution is -2.82. The van der Waals surface area contributed by atoms with E-state index in [0.717, 1.165) is 5.56 Å². The minimum absolute atomic E-state index is 0.00640. The van der Waals surface area contributed by atoms with Crippen molar-refractivity contribution in [2.75, 3.05) is 6.61 Å². The molecule has 2 aromatic rings. The van der Waals surface area contributed by atoms with Crippen LogP contribution in [0.2, 0.25) is 0 Å². The van der Waals surface area contributed by atoms with E-state index in [1.165, 1.54) is 20.8 Å². The van der Waals surface area contributed by atoms with Gasteiger partial charge in [-0.05, 0) is 35.8 Å². The highest BCUT2D eigenvalue weighted by Crippen LogP contribution is 2.66. The van der Waals surface area contributed by atoms with Crippen molar-refractivity contribution in [1.82, 2.24) is 0 Å². The molecule has 1 aliphatic heterocycles. The van der Waals surface area contributed by atoms with Gasteiger partial charge in [-0.3, -0.25) is 14.4 Å². The summed E-state index contributed by atoms with van der Waals surface area (Å²) >= 11 is 0. The second-order valence-corrected chi connectivity index (χ2v) is 15.3. The van der Waals surface area contributed by atoms with Gasteiger partial charge in [0.25, 0.3) is 0 Å². The van der Waals surface area contributed by atoms with Gasteiger partial charge in [0.1, 0.15) is 30.0 Å². The molecule has 1 saturated heterocycles. The highest BCUT2D eigenvalue weighted by molar-refractivity contribution is 5.89. The van der Waals surface area contributed by atoms with Crippen LogP contribution in [0, 0.1) is 16.7 Å². The van der Waals surface area contributed by atoms with Crippen molar-refractivity contribution in [3.05, 3.63) is 82.9 Å². The Bertz CT molecular complexity index is 1740. The van der Waals surface area contributed by atoms with Gasteiger partial charge in [0.05, 0.1) is 30.8 Å². The molecule has 2 bridgehead atoms. The van der Waals surface area contributed by atoms with Crippen molar-refractivity contribution < 1.29 is 57.8 Å².